The maximum absolute atomic E-state index is 13.1. The summed E-state index contributed by atoms with van der Waals surface area (Å²) in [7, 11) is 0. The lowest BCUT2D eigenvalue weighted by atomic mass is 10.2. The third-order valence-corrected chi connectivity index (χ3v) is 4.02. The molecule has 0 unspecified atom stereocenters. The summed E-state index contributed by atoms with van der Waals surface area (Å²) in [5.41, 5.74) is 0.786. The molecule has 0 aliphatic rings. The minimum absolute atomic E-state index is 0.119. The Labute approximate surface area is 171 Å². The predicted octanol–water partition coefficient (Wildman–Crippen LogP) is 7.31. The van der Waals surface area contributed by atoms with Gasteiger partial charge < -0.3 is 9.47 Å². The van der Waals surface area contributed by atoms with Crippen LogP contribution in [0.15, 0.2) is 53.0 Å². The summed E-state index contributed by atoms with van der Waals surface area (Å²) in [6.45, 7) is 0.566. The van der Waals surface area contributed by atoms with E-state index >= 15 is 0 Å². The summed E-state index contributed by atoms with van der Waals surface area (Å²) >= 11 is 23.4. The molecule has 2 rings (SSSR count). The molecule has 0 heterocycles. The molecule has 0 aromatic heterocycles. The molecule has 26 heavy (non-hydrogen) atoms. The van der Waals surface area contributed by atoms with Gasteiger partial charge in [0, 0.05) is 12.1 Å². The summed E-state index contributed by atoms with van der Waals surface area (Å²) in [6.07, 6.45) is 5.82. The number of halogens is 5. The van der Waals surface area contributed by atoms with Crippen molar-refractivity contribution in [2.24, 2.45) is 0 Å². The first-order chi connectivity index (χ1) is 12.5. The fourth-order valence-corrected chi connectivity index (χ4v) is 2.72. The van der Waals surface area contributed by atoms with E-state index in [1.54, 1.807) is 18.2 Å². The summed E-state index contributed by atoms with van der Waals surface area (Å²) in [5, 5.41) is 0.671. The molecule has 138 valence electrons. The minimum Gasteiger partial charge on any atom is -0.490 e. The van der Waals surface area contributed by atoms with Crippen LogP contribution >= 0.6 is 46.4 Å². The Bertz CT molecular complexity index is 779. The van der Waals surface area contributed by atoms with E-state index in [1.807, 2.05) is 18.2 Å². The Balaban J connectivity index is 1.88. The highest BCUT2D eigenvalue weighted by molar-refractivity contribution is 6.55. The van der Waals surface area contributed by atoms with Crippen LogP contribution in [-0.2, 0) is 0 Å². The normalized spacial score (nSPS) is 10.8. The Morgan fingerprint density at radius 1 is 1.04 bits per heavy atom. The smallest absolute Gasteiger partial charge is 0.156 e. The van der Waals surface area contributed by atoms with Crippen molar-refractivity contribution in [2.75, 3.05) is 13.2 Å². The molecule has 0 radical (unpaired) electrons. The summed E-state index contributed by atoms with van der Waals surface area (Å²) < 4.78 is 24.3. The van der Waals surface area contributed by atoms with Crippen molar-refractivity contribution in [3.8, 4) is 11.5 Å². The van der Waals surface area contributed by atoms with Crippen LogP contribution in [0.2, 0.25) is 10.0 Å². The second-order valence-electron chi connectivity index (χ2n) is 5.12. The van der Waals surface area contributed by atoms with Gasteiger partial charge in [-0.3, -0.25) is 0 Å². The quantitative estimate of drug-likeness (QED) is 0.404. The lowest BCUT2D eigenvalue weighted by Gasteiger charge is -2.11. The number of ether oxygens (including phenoxy) is 2. The number of rotatable bonds is 8. The van der Waals surface area contributed by atoms with E-state index in [4.69, 9.17) is 55.9 Å². The third-order valence-electron chi connectivity index (χ3n) is 3.15. The monoisotopic (exact) mass is 434 g/mol. The van der Waals surface area contributed by atoms with Crippen LogP contribution in [0, 0.1) is 5.82 Å². The average Bonchev–Trinajstić information content (AvgIpc) is 2.56. The van der Waals surface area contributed by atoms with Crippen molar-refractivity contribution in [1.82, 2.24) is 0 Å². The maximum Gasteiger partial charge on any atom is 0.156 e. The van der Waals surface area contributed by atoms with E-state index in [9.17, 15) is 4.39 Å². The number of benzene rings is 2. The molecule has 2 aromatic carbocycles. The first-order valence-electron chi connectivity index (χ1n) is 7.63. The average molecular weight is 436 g/mol. The first kappa shape index (κ1) is 20.9. The van der Waals surface area contributed by atoms with E-state index < -0.39 is 0 Å². The summed E-state index contributed by atoms with van der Waals surface area (Å²) in [4.78, 5) is 0. The van der Waals surface area contributed by atoms with Gasteiger partial charge in [-0.2, -0.15) is 0 Å². The van der Waals surface area contributed by atoms with Gasteiger partial charge in [-0.05, 0) is 30.2 Å². The number of hydrogen-bond acceptors (Lipinski definition) is 2. The summed E-state index contributed by atoms with van der Waals surface area (Å²) in [5.74, 6) is 0.586. The van der Waals surface area contributed by atoms with Crippen LogP contribution in [0.3, 0.4) is 0 Å². The van der Waals surface area contributed by atoms with Gasteiger partial charge >= 0.3 is 0 Å². The van der Waals surface area contributed by atoms with Gasteiger partial charge in [0.25, 0.3) is 0 Å². The van der Waals surface area contributed by atoms with Gasteiger partial charge in [-0.1, -0.05) is 70.7 Å². The molecule has 0 aliphatic carbocycles. The topological polar surface area (TPSA) is 18.5 Å². The molecule has 0 saturated carbocycles. The van der Waals surface area contributed by atoms with E-state index in [-0.39, 0.29) is 16.9 Å². The van der Waals surface area contributed by atoms with Gasteiger partial charge in [0.15, 0.2) is 5.75 Å². The Kier molecular flexibility index (Phi) is 8.60. The van der Waals surface area contributed by atoms with E-state index in [0.29, 0.717) is 34.6 Å². The second-order valence-corrected chi connectivity index (χ2v) is 6.94. The molecule has 0 N–H and O–H groups in total. The lowest BCUT2D eigenvalue weighted by molar-refractivity contribution is 0.323. The Morgan fingerprint density at radius 3 is 2.42 bits per heavy atom. The third kappa shape index (κ3) is 7.08. The minimum atomic E-state index is -0.270. The predicted molar refractivity (Wildman–Crippen MR) is 107 cm³/mol. The zero-order chi connectivity index (χ0) is 18.9. The van der Waals surface area contributed by atoms with Gasteiger partial charge in [0.05, 0.1) is 16.7 Å². The Hall–Kier alpha value is -1.39. The standard InChI is InChI=1S/C19H15Cl4FO2/c20-16-11-15(25-9-7-18(22)23)12-17(21)19(16)26-8-2-1-4-13-5-3-6-14(24)10-13/h1,3-7,10-12H,2,8-9H2. The largest absolute Gasteiger partial charge is 0.490 e. The van der Waals surface area contributed by atoms with Gasteiger partial charge in [0.1, 0.15) is 22.7 Å². The van der Waals surface area contributed by atoms with Crippen molar-refractivity contribution >= 4 is 52.5 Å². The SMILES string of the molecule is Fc1cccc(C=CCCOc2c(Cl)cc(OCC=C(Cl)Cl)cc2Cl)c1. The molecule has 0 bridgehead atoms. The zero-order valence-electron chi connectivity index (χ0n) is 13.5. The highest BCUT2D eigenvalue weighted by atomic mass is 35.5. The molecular weight excluding hydrogens is 421 g/mol. The van der Waals surface area contributed by atoms with Crippen molar-refractivity contribution in [3.05, 3.63) is 74.5 Å². The van der Waals surface area contributed by atoms with Crippen LogP contribution in [0.25, 0.3) is 6.08 Å². The van der Waals surface area contributed by atoms with Crippen LogP contribution in [0.1, 0.15) is 12.0 Å². The van der Waals surface area contributed by atoms with E-state index in [1.165, 1.54) is 18.2 Å². The van der Waals surface area contributed by atoms with E-state index in [0.717, 1.165) is 5.56 Å². The van der Waals surface area contributed by atoms with E-state index in [2.05, 4.69) is 0 Å². The van der Waals surface area contributed by atoms with Crippen molar-refractivity contribution < 1.29 is 13.9 Å². The molecule has 2 nitrogen and oxygen atoms in total. The molecule has 0 aliphatic heterocycles. The highest BCUT2D eigenvalue weighted by Crippen LogP contribution is 2.37. The molecule has 0 atom stereocenters. The molecule has 2 aromatic rings. The first-order valence-corrected chi connectivity index (χ1v) is 9.15. The van der Waals surface area contributed by atoms with Crippen LogP contribution in [-0.4, -0.2) is 13.2 Å². The Morgan fingerprint density at radius 2 is 1.77 bits per heavy atom. The highest BCUT2D eigenvalue weighted by Gasteiger charge is 2.10. The molecule has 0 fully saturated rings. The fourth-order valence-electron chi connectivity index (χ4n) is 2.02. The van der Waals surface area contributed by atoms with Gasteiger partial charge in [0.2, 0.25) is 0 Å². The van der Waals surface area contributed by atoms with Crippen LogP contribution in [0.5, 0.6) is 11.5 Å². The lowest BCUT2D eigenvalue weighted by Crippen LogP contribution is -1.99. The molecule has 0 amide bonds. The molecule has 0 spiro atoms. The maximum atomic E-state index is 13.1. The second kappa shape index (κ2) is 10.7. The fraction of sp³-hybridized carbons (Fsp3) is 0.158. The van der Waals surface area contributed by atoms with Gasteiger partial charge in [-0.15, -0.1) is 0 Å². The van der Waals surface area contributed by atoms with Crippen LogP contribution < -0.4 is 9.47 Å². The zero-order valence-corrected chi connectivity index (χ0v) is 16.5. The van der Waals surface area contributed by atoms with Crippen LogP contribution in [0.4, 0.5) is 4.39 Å². The molecule has 7 heteroatoms. The summed E-state index contributed by atoms with van der Waals surface area (Å²) in [6, 6.07) is 9.53. The van der Waals surface area contributed by atoms with Crippen molar-refractivity contribution in [1.29, 1.82) is 0 Å². The number of hydrogen-bond donors (Lipinski definition) is 0. The molecular formula is C19H15Cl4FO2. The molecule has 0 saturated heterocycles. The van der Waals surface area contributed by atoms with Crippen molar-refractivity contribution in [3.63, 3.8) is 0 Å². The van der Waals surface area contributed by atoms with Gasteiger partial charge in [-0.25, -0.2) is 4.39 Å². The van der Waals surface area contributed by atoms with Crippen molar-refractivity contribution in [2.45, 2.75) is 6.42 Å².